The van der Waals surface area contributed by atoms with Gasteiger partial charge in [0.05, 0.1) is 19.4 Å². The summed E-state index contributed by atoms with van der Waals surface area (Å²) in [6.07, 6.45) is 3.12. The molecule has 0 aliphatic heterocycles. The number of aliphatic hydroxyl groups excluding tert-OH is 1. The molecule has 0 radical (unpaired) electrons. The molecular weight excluding hydrogens is 1040 g/mol. The zero-order valence-corrected chi connectivity index (χ0v) is 45.9. The number of aromatic nitrogens is 2. The molecule has 22 N–H and O–H groups in total. The molecular formula is C51H84N16O13. The number of nitrogens with one attached hydrogen (secondary N) is 9. The van der Waals surface area contributed by atoms with Gasteiger partial charge in [0.15, 0.2) is 5.96 Å². The van der Waals surface area contributed by atoms with Crippen molar-refractivity contribution in [1.82, 2.24) is 52.5 Å². The number of hydrogen-bond acceptors (Lipinski definition) is 16. The minimum absolute atomic E-state index is 0.00684. The maximum atomic E-state index is 14.4. The van der Waals surface area contributed by atoms with Crippen molar-refractivity contribution in [2.75, 3.05) is 26.2 Å². The van der Waals surface area contributed by atoms with Crippen molar-refractivity contribution in [2.45, 2.75) is 159 Å². The molecule has 2 aromatic rings. The molecule has 1 aromatic heterocycles. The van der Waals surface area contributed by atoms with Crippen LogP contribution in [0.3, 0.4) is 0 Å². The fourth-order valence-corrected chi connectivity index (χ4v) is 8.03. The third-order valence-corrected chi connectivity index (χ3v) is 12.4. The Morgan fingerprint density at radius 3 is 1.57 bits per heavy atom. The normalized spacial score (nSPS) is 14.5. The number of carboxylic acid groups (broad SMARTS) is 2. The van der Waals surface area contributed by atoms with E-state index in [1.807, 2.05) is 0 Å². The van der Waals surface area contributed by atoms with Crippen molar-refractivity contribution in [2.24, 2.45) is 45.5 Å². The number of aliphatic hydroxyl groups is 1. The van der Waals surface area contributed by atoms with E-state index in [-0.39, 0.29) is 76.5 Å². The molecule has 0 aliphatic rings. The van der Waals surface area contributed by atoms with Crippen LogP contribution in [0, 0.1) is 11.8 Å². The maximum Gasteiger partial charge on any atom is 0.326 e. The van der Waals surface area contributed by atoms with Crippen LogP contribution in [0.5, 0.6) is 0 Å². The summed E-state index contributed by atoms with van der Waals surface area (Å²) in [6, 6.07) is -4.42. The lowest BCUT2D eigenvalue weighted by Gasteiger charge is -2.29. The second kappa shape index (κ2) is 36.4. The third-order valence-electron chi connectivity index (χ3n) is 12.4. The van der Waals surface area contributed by atoms with Gasteiger partial charge in [-0.1, -0.05) is 58.0 Å². The summed E-state index contributed by atoms with van der Waals surface area (Å²) in [5, 5.41) is 49.4. The van der Waals surface area contributed by atoms with Crippen LogP contribution in [0.15, 0.2) is 47.8 Å². The number of H-pyrrole nitrogens is 1. The molecule has 8 amide bonds. The van der Waals surface area contributed by atoms with Gasteiger partial charge in [-0.05, 0) is 88.3 Å². The number of amides is 8. The molecule has 0 spiro atoms. The quantitative estimate of drug-likeness (QED) is 0.0172. The lowest BCUT2D eigenvalue weighted by atomic mass is 9.99. The highest BCUT2D eigenvalue weighted by atomic mass is 16.4. The topological polar surface area (TPSA) is 499 Å². The second-order valence-electron chi connectivity index (χ2n) is 20.0. The Hall–Kier alpha value is -7.76. The van der Waals surface area contributed by atoms with Crippen LogP contribution in [-0.4, -0.2) is 171 Å². The van der Waals surface area contributed by atoms with Crippen LogP contribution in [0.4, 0.5) is 0 Å². The average molecular weight is 1130 g/mol. The molecule has 1 aromatic carbocycles. The van der Waals surface area contributed by atoms with Gasteiger partial charge in [0.2, 0.25) is 47.3 Å². The van der Waals surface area contributed by atoms with E-state index in [1.54, 1.807) is 58.0 Å². The van der Waals surface area contributed by atoms with E-state index in [9.17, 15) is 63.3 Å². The molecule has 29 heteroatoms. The van der Waals surface area contributed by atoms with Crippen LogP contribution in [-0.2, 0) is 60.8 Å². The Morgan fingerprint density at radius 1 is 0.588 bits per heavy atom. The fourth-order valence-electron chi connectivity index (χ4n) is 8.03. The van der Waals surface area contributed by atoms with Crippen molar-refractivity contribution in [3.05, 3.63) is 54.1 Å². The van der Waals surface area contributed by atoms with Crippen molar-refractivity contribution in [3.63, 3.8) is 0 Å². The number of nitrogens with two attached hydrogens (primary N) is 5. The van der Waals surface area contributed by atoms with Gasteiger partial charge in [-0.3, -0.25) is 48.1 Å². The summed E-state index contributed by atoms with van der Waals surface area (Å²) in [4.78, 5) is 146. The van der Waals surface area contributed by atoms with Gasteiger partial charge in [-0.25, -0.2) is 9.78 Å². The van der Waals surface area contributed by atoms with Crippen molar-refractivity contribution < 1.29 is 63.3 Å². The number of carboxylic acids is 2. The van der Waals surface area contributed by atoms with E-state index in [2.05, 4.69) is 57.5 Å². The van der Waals surface area contributed by atoms with Crippen molar-refractivity contribution in [1.29, 1.82) is 0 Å². The molecule has 0 saturated carbocycles. The zero-order valence-electron chi connectivity index (χ0n) is 45.9. The Balaban J connectivity index is 2.49. The van der Waals surface area contributed by atoms with Crippen molar-refractivity contribution >= 4 is 65.2 Å². The molecule has 446 valence electrons. The Morgan fingerprint density at radius 2 is 1.06 bits per heavy atom. The van der Waals surface area contributed by atoms with E-state index in [4.69, 9.17) is 28.7 Å². The summed E-state index contributed by atoms with van der Waals surface area (Å²) < 4.78 is 0. The molecule has 29 nitrogen and oxygen atoms in total. The maximum absolute atomic E-state index is 14.4. The molecule has 0 saturated heterocycles. The number of carbonyl (C=O) groups excluding carboxylic acids is 8. The summed E-state index contributed by atoms with van der Waals surface area (Å²) >= 11 is 0. The van der Waals surface area contributed by atoms with Gasteiger partial charge in [-0.15, -0.1) is 0 Å². The monoisotopic (exact) mass is 1130 g/mol. The van der Waals surface area contributed by atoms with Crippen LogP contribution in [0.25, 0.3) is 0 Å². The van der Waals surface area contributed by atoms with Crippen LogP contribution < -0.4 is 71.2 Å². The Kier molecular flexibility index (Phi) is 31.1. The second-order valence-corrected chi connectivity index (χ2v) is 20.0. The molecule has 0 fully saturated rings. The zero-order chi connectivity index (χ0) is 59.9. The minimum atomic E-state index is -1.78. The summed E-state index contributed by atoms with van der Waals surface area (Å²) in [5.74, 6) is -11.1. The first-order valence-electron chi connectivity index (χ1n) is 26.6. The molecule has 9 atom stereocenters. The first kappa shape index (κ1) is 68.3. The average Bonchev–Trinajstić information content (AvgIpc) is 3.92. The summed E-state index contributed by atoms with van der Waals surface area (Å²) in [5.41, 5.74) is 29.1. The number of hydrogen-bond donors (Lipinski definition) is 17. The SMILES string of the molecule is CC(C)CC(NC(=O)C(Cc1cnc[nH]1)NC(=O)C(N)CO)C(=O)NC(CCCN=C(N)N)C(=O)NC(CCCCN)C(=O)NC(C(=O)NC(Cc1ccccc1)C(=O)NC(CC(=O)O)C(=O)NC(CCCCN)C(=O)O)C(C)C. The number of aromatic amines is 1. The number of rotatable bonds is 39. The number of benzene rings is 1. The van der Waals surface area contributed by atoms with E-state index < -0.39 is 133 Å². The number of aliphatic carboxylic acids is 2. The van der Waals surface area contributed by atoms with E-state index in [1.165, 1.54) is 12.5 Å². The summed E-state index contributed by atoms with van der Waals surface area (Å²) in [6.45, 7) is 6.58. The Labute approximate surface area is 464 Å². The van der Waals surface area contributed by atoms with Gasteiger partial charge in [0.25, 0.3) is 0 Å². The van der Waals surface area contributed by atoms with Crippen molar-refractivity contribution in [3.8, 4) is 0 Å². The van der Waals surface area contributed by atoms with E-state index in [0.717, 1.165) is 0 Å². The predicted octanol–water partition coefficient (Wildman–Crippen LogP) is -4.03. The predicted molar refractivity (Wildman–Crippen MR) is 293 cm³/mol. The van der Waals surface area contributed by atoms with Crippen LogP contribution >= 0.6 is 0 Å². The molecule has 80 heavy (non-hydrogen) atoms. The highest BCUT2D eigenvalue weighted by Gasteiger charge is 2.36. The number of nitrogens with zero attached hydrogens (tertiary/aromatic N) is 2. The molecule has 1 heterocycles. The Bertz CT molecular complexity index is 2340. The largest absolute Gasteiger partial charge is 0.481 e. The lowest BCUT2D eigenvalue weighted by Crippen LogP contribution is -2.61. The first-order valence-corrected chi connectivity index (χ1v) is 26.6. The minimum Gasteiger partial charge on any atom is -0.481 e. The molecule has 0 bridgehead atoms. The number of unbranched alkanes of at least 4 members (excludes halogenated alkanes) is 2. The number of aliphatic imine (C=N–C) groups is 1. The number of imidazole rings is 1. The highest BCUT2D eigenvalue weighted by Crippen LogP contribution is 2.13. The summed E-state index contributed by atoms with van der Waals surface area (Å²) in [7, 11) is 0. The van der Waals surface area contributed by atoms with E-state index >= 15 is 0 Å². The lowest BCUT2D eigenvalue weighted by molar-refractivity contribution is -0.144. The smallest absolute Gasteiger partial charge is 0.326 e. The van der Waals surface area contributed by atoms with Gasteiger partial charge in [-0.2, -0.15) is 0 Å². The third kappa shape index (κ3) is 25.8. The first-order chi connectivity index (χ1) is 37.9. The van der Waals surface area contributed by atoms with Crippen LogP contribution in [0.2, 0.25) is 0 Å². The highest BCUT2D eigenvalue weighted by molar-refractivity contribution is 5.98. The van der Waals surface area contributed by atoms with E-state index in [0.29, 0.717) is 36.9 Å². The van der Waals surface area contributed by atoms with Gasteiger partial charge in [0.1, 0.15) is 54.4 Å². The number of guanidine groups is 1. The van der Waals surface area contributed by atoms with Gasteiger partial charge >= 0.3 is 11.9 Å². The molecule has 0 aliphatic carbocycles. The number of carbonyl (C=O) groups is 10. The van der Waals surface area contributed by atoms with Crippen LogP contribution in [0.1, 0.15) is 103 Å². The van der Waals surface area contributed by atoms with Gasteiger partial charge in [0, 0.05) is 31.3 Å². The standard InChI is InChI=1S/C51H84N16O13/c1-28(2)21-36(64-47(76)38(23-31-25-57-27-59-31)63-42(71)32(54)26-68)45(74)61-34(17-12-20-58-51(55)56)43(72)60-33(15-8-10-18-52)44(73)67-41(29(3)4)49(78)66-37(22-30-13-6-5-7-14-30)46(75)65-39(24-40(69)70)48(77)62-35(50(79)80)16-9-11-19-53/h5-7,13-14,25,27-29,32-39,41,68H,8-12,15-24,26,52-54H2,1-4H3,(H,57,59)(H,60,72)(H,61,74)(H,62,77)(H,63,71)(H,64,76)(H,65,75)(H,66,78)(H,67,73)(H,69,70)(H,79,80)(H4,55,56,58). The molecule has 2 rings (SSSR count). The molecule has 9 unspecified atom stereocenters. The van der Waals surface area contributed by atoms with Gasteiger partial charge < -0.3 is 91.5 Å². The fraction of sp³-hybridized carbons (Fsp3) is 0.608.